The highest BCUT2D eigenvalue weighted by molar-refractivity contribution is 7.89. The van der Waals surface area contributed by atoms with Gasteiger partial charge in [-0.2, -0.15) is 4.72 Å². The van der Waals surface area contributed by atoms with Gasteiger partial charge in [-0.15, -0.1) is 0 Å². The van der Waals surface area contributed by atoms with Crippen LogP contribution in [0.15, 0.2) is 29.2 Å². The molecule has 0 spiro atoms. The van der Waals surface area contributed by atoms with Gasteiger partial charge in [0.25, 0.3) is 5.91 Å². The molecular formula is C17H24N2O5S. The third-order valence-electron chi connectivity index (χ3n) is 3.82. The van der Waals surface area contributed by atoms with Crippen LogP contribution in [-0.4, -0.2) is 39.0 Å². The molecule has 0 unspecified atom stereocenters. The van der Waals surface area contributed by atoms with E-state index in [0.29, 0.717) is 0 Å². The SMILES string of the molecule is Cc1ccc(S(=O)(=O)N[C@H](C(=O)OCC(=O)NC2CC2)C(C)C)cc1. The van der Waals surface area contributed by atoms with Crippen LogP contribution < -0.4 is 10.0 Å². The molecule has 1 aromatic carbocycles. The minimum absolute atomic E-state index is 0.0722. The lowest BCUT2D eigenvalue weighted by Crippen LogP contribution is -2.46. The summed E-state index contributed by atoms with van der Waals surface area (Å²) in [6, 6.07) is 5.42. The van der Waals surface area contributed by atoms with E-state index in [1.54, 1.807) is 26.0 Å². The van der Waals surface area contributed by atoms with Crippen LogP contribution in [0.2, 0.25) is 0 Å². The first-order valence-corrected chi connectivity index (χ1v) is 9.72. The Balaban J connectivity index is 1.99. The van der Waals surface area contributed by atoms with Gasteiger partial charge < -0.3 is 10.1 Å². The van der Waals surface area contributed by atoms with Crippen molar-refractivity contribution in [2.75, 3.05) is 6.61 Å². The van der Waals surface area contributed by atoms with Gasteiger partial charge in [0, 0.05) is 6.04 Å². The van der Waals surface area contributed by atoms with E-state index in [9.17, 15) is 18.0 Å². The van der Waals surface area contributed by atoms with Crippen LogP contribution in [0.1, 0.15) is 32.3 Å². The molecule has 7 nitrogen and oxygen atoms in total. The smallest absolute Gasteiger partial charge is 0.324 e. The van der Waals surface area contributed by atoms with Gasteiger partial charge in [-0.25, -0.2) is 8.42 Å². The fraction of sp³-hybridized carbons (Fsp3) is 0.529. The zero-order chi connectivity index (χ0) is 18.6. The van der Waals surface area contributed by atoms with Crippen molar-refractivity contribution in [2.45, 2.75) is 50.6 Å². The van der Waals surface area contributed by atoms with Gasteiger partial charge in [0.05, 0.1) is 4.90 Å². The van der Waals surface area contributed by atoms with Crippen molar-refractivity contribution in [3.63, 3.8) is 0 Å². The average Bonchev–Trinajstić information content (AvgIpc) is 3.34. The van der Waals surface area contributed by atoms with E-state index in [1.165, 1.54) is 12.1 Å². The number of carbonyl (C=O) groups excluding carboxylic acids is 2. The van der Waals surface area contributed by atoms with Gasteiger partial charge in [0.2, 0.25) is 10.0 Å². The van der Waals surface area contributed by atoms with E-state index in [-0.39, 0.29) is 22.8 Å². The van der Waals surface area contributed by atoms with Crippen LogP contribution in [0.4, 0.5) is 0 Å². The largest absolute Gasteiger partial charge is 0.454 e. The summed E-state index contributed by atoms with van der Waals surface area (Å²) in [4.78, 5) is 23.9. The maximum Gasteiger partial charge on any atom is 0.324 e. The molecule has 1 saturated carbocycles. The summed E-state index contributed by atoms with van der Waals surface area (Å²) in [7, 11) is -3.87. The molecule has 0 aliphatic heterocycles. The predicted molar refractivity (Wildman–Crippen MR) is 92.3 cm³/mol. The minimum Gasteiger partial charge on any atom is -0.454 e. The molecule has 8 heteroatoms. The summed E-state index contributed by atoms with van der Waals surface area (Å²) < 4.78 is 32.3. The van der Waals surface area contributed by atoms with Gasteiger partial charge in [0.1, 0.15) is 6.04 Å². The van der Waals surface area contributed by atoms with Gasteiger partial charge in [-0.1, -0.05) is 31.5 Å². The maximum absolute atomic E-state index is 12.5. The standard InChI is InChI=1S/C17H24N2O5S/c1-11(2)16(17(21)24-10-15(20)18-13-6-7-13)19-25(22,23)14-8-4-12(3)5-9-14/h4-5,8-9,11,13,16,19H,6-7,10H2,1-3H3,(H,18,20)/t16-/m0/s1. The fourth-order valence-electron chi connectivity index (χ4n) is 2.13. The number of ether oxygens (including phenoxy) is 1. The lowest BCUT2D eigenvalue weighted by atomic mass is 10.1. The van der Waals surface area contributed by atoms with E-state index in [1.807, 2.05) is 6.92 Å². The molecule has 1 amide bonds. The topological polar surface area (TPSA) is 102 Å². The molecule has 1 aliphatic carbocycles. The average molecular weight is 368 g/mol. The number of amides is 1. The summed E-state index contributed by atoms with van der Waals surface area (Å²) >= 11 is 0. The van der Waals surface area contributed by atoms with Gasteiger partial charge in [-0.3, -0.25) is 9.59 Å². The maximum atomic E-state index is 12.5. The Morgan fingerprint density at radius 3 is 2.32 bits per heavy atom. The Kier molecular flexibility index (Phi) is 6.18. The zero-order valence-electron chi connectivity index (χ0n) is 14.6. The van der Waals surface area contributed by atoms with Gasteiger partial charge >= 0.3 is 5.97 Å². The first kappa shape index (κ1) is 19.4. The Morgan fingerprint density at radius 1 is 1.20 bits per heavy atom. The molecule has 0 aromatic heterocycles. The molecule has 1 aromatic rings. The van der Waals surface area contributed by atoms with Crippen molar-refractivity contribution < 1.29 is 22.7 Å². The number of carbonyl (C=O) groups is 2. The van der Waals surface area contributed by atoms with E-state index in [2.05, 4.69) is 10.0 Å². The number of rotatable bonds is 8. The quantitative estimate of drug-likeness (QED) is 0.670. The van der Waals surface area contributed by atoms with Crippen LogP contribution in [0, 0.1) is 12.8 Å². The normalized spacial score (nSPS) is 15.7. The first-order valence-electron chi connectivity index (χ1n) is 8.24. The van der Waals surface area contributed by atoms with Crippen molar-refractivity contribution in [3.05, 3.63) is 29.8 Å². The molecule has 2 rings (SSSR count). The zero-order valence-corrected chi connectivity index (χ0v) is 15.4. The van der Waals surface area contributed by atoms with Gasteiger partial charge in [0.15, 0.2) is 6.61 Å². The van der Waals surface area contributed by atoms with Gasteiger partial charge in [-0.05, 0) is 37.8 Å². The van der Waals surface area contributed by atoms with Crippen molar-refractivity contribution in [3.8, 4) is 0 Å². The van der Waals surface area contributed by atoms with Crippen LogP contribution in [0.25, 0.3) is 0 Å². The molecule has 0 saturated heterocycles. The minimum atomic E-state index is -3.87. The highest BCUT2D eigenvalue weighted by atomic mass is 32.2. The van der Waals surface area contributed by atoms with Crippen molar-refractivity contribution >= 4 is 21.9 Å². The first-order chi connectivity index (χ1) is 11.7. The second-order valence-electron chi connectivity index (χ2n) is 6.61. The Morgan fingerprint density at radius 2 is 1.80 bits per heavy atom. The fourth-order valence-corrected chi connectivity index (χ4v) is 3.47. The summed E-state index contributed by atoms with van der Waals surface area (Å²) in [6.45, 7) is 4.84. The number of hydrogen-bond acceptors (Lipinski definition) is 5. The summed E-state index contributed by atoms with van der Waals surface area (Å²) in [5, 5.41) is 2.70. The second-order valence-corrected chi connectivity index (χ2v) is 8.32. The molecule has 2 N–H and O–H groups in total. The highest BCUT2D eigenvalue weighted by Gasteiger charge is 2.30. The highest BCUT2D eigenvalue weighted by Crippen LogP contribution is 2.18. The summed E-state index contributed by atoms with van der Waals surface area (Å²) in [6.07, 6.45) is 1.87. The molecule has 25 heavy (non-hydrogen) atoms. The predicted octanol–water partition coefficient (Wildman–Crippen LogP) is 1.12. The van der Waals surface area contributed by atoms with Crippen molar-refractivity contribution in [1.29, 1.82) is 0 Å². The number of benzene rings is 1. The van der Waals surface area contributed by atoms with Crippen LogP contribution in [0.5, 0.6) is 0 Å². The van der Waals surface area contributed by atoms with E-state index < -0.39 is 28.6 Å². The number of nitrogens with one attached hydrogen (secondary N) is 2. The number of sulfonamides is 1. The van der Waals surface area contributed by atoms with Crippen molar-refractivity contribution in [1.82, 2.24) is 10.0 Å². The number of esters is 1. The molecule has 1 aliphatic rings. The molecule has 1 fully saturated rings. The molecule has 0 heterocycles. The van der Waals surface area contributed by atoms with Crippen LogP contribution >= 0.6 is 0 Å². The van der Waals surface area contributed by atoms with Crippen LogP contribution in [0.3, 0.4) is 0 Å². The van der Waals surface area contributed by atoms with Crippen LogP contribution in [-0.2, 0) is 24.3 Å². The Hall–Kier alpha value is -1.93. The monoisotopic (exact) mass is 368 g/mol. The molecular weight excluding hydrogens is 344 g/mol. The van der Waals surface area contributed by atoms with E-state index in [0.717, 1.165) is 18.4 Å². The number of aryl methyl sites for hydroxylation is 1. The lowest BCUT2D eigenvalue weighted by molar-refractivity contribution is -0.151. The molecule has 0 radical (unpaired) electrons. The molecule has 1 atom stereocenters. The third-order valence-corrected chi connectivity index (χ3v) is 5.28. The Labute approximate surface area is 148 Å². The molecule has 138 valence electrons. The lowest BCUT2D eigenvalue weighted by Gasteiger charge is -2.20. The summed E-state index contributed by atoms with van der Waals surface area (Å²) in [5.41, 5.74) is 0.931. The van der Waals surface area contributed by atoms with E-state index >= 15 is 0 Å². The Bertz CT molecular complexity index is 724. The van der Waals surface area contributed by atoms with E-state index in [4.69, 9.17) is 4.74 Å². The second kappa shape index (κ2) is 7.97. The summed E-state index contributed by atoms with van der Waals surface area (Å²) in [5.74, 6) is -1.48. The number of hydrogen-bond donors (Lipinski definition) is 2. The molecule has 0 bridgehead atoms. The third kappa shape index (κ3) is 5.82. The van der Waals surface area contributed by atoms with Crippen molar-refractivity contribution in [2.24, 2.45) is 5.92 Å².